The van der Waals surface area contributed by atoms with Crippen LogP contribution in [0.4, 0.5) is 9.93 Å². The molecule has 6 rings (SSSR count). The van der Waals surface area contributed by atoms with Crippen molar-refractivity contribution in [3.63, 3.8) is 0 Å². The van der Waals surface area contributed by atoms with E-state index in [1.54, 1.807) is 16.2 Å². The van der Waals surface area contributed by atoms with E-state index in [-0.39, 0.29) is 17.5 Å². The van der Waals surface area contributed by atoms with Crippen LogP contribution in [0.25, 0.3) is 11.3 Å². The van der Waals surface area contributed by atoms with E-state index in [1.807, 2.05) is 33.8 Å². The number of fused-ring (bicyclic) bond motifs is 2. The Balaban J connectivity index is 1.11. The van der Waals surface area contributed by atoms with Crippen LogP contribution >= 0.6 is 11.3 Å². The Bertz CT molecular complexity index is 1530. The second kappa shape index (κ2) is 11.5. The first-order valence-corrected chi connectivity index (χ1v) is 16.1. The minimum atomic E-state index is -0.504. The summed E-state index contributed by atoms with van der Waals surface area (Å²) in [4.78, 5) is 34.2. The summed E-state index contributed by atoms with van der Waals surface area (Å²) in [7, 11) is 0. The summed E-state index contributed by atoms with van der Waals surface area (Å²) in [6, 6.07) is 12.6. The lowest BCUT2D eigenvalue weighted by Crippen LogP contribution is -2.39. The Morgan fingerprint density at radius 2 is 1.95 bits per heavy atom. The van der Waals surface area contributed by atoms with Crippen molar-refractivity contribution in [2.45, 2.75) is 72.6 Å². The third-order valence-corrected chi connectivity index (χ3v) is 9.59. The number of thiazole rings is 1. The maximum Gasteiger partial charge on any atom is 0.410 e. The minimum Gasteiger partial charge on any atom is -0.488 e. The molecule has 0 spiro atoms. The van der Waals surface area contributed by atoms with E-state index in [9.17, 15) is 9.59 Å². The Morgan fingerprint density at radius 1 is 1.12 bits per heavy atom. The van der Waals surface area contributed by atoms with Gasteiger partial charge in [-0.3, -0.25) is 4.79 Å². The Hall–Kier alpha value is -3.59. The van der Waals surface area contributed by atoms with Gasteiger partial charge in [0.2, 0.25) is 0 Å². The monoisotopic (exact) mass is 603 g/mol. The molecule has 0 bridgehead atoms. The van der Waals surface area contributed by atoms with Gasteiger partial charge in [0.1, 0.15) is 18.0 Å². The molecule has 2 aromatic carbocycles. The number of aryl methyl sites for hydroxylation is 1. The minimum absolute atomic E-state index is 0.0253. The number of nitrogens with zero attached hydrogens (tertiary/aromatic N) is 3. The van der Waals surface area contributed by atoms with Crippen molar-refractivity contribution in [1.29, 1.82) is 0 Å². The molecule has 1 aliphatic carbocycles. The zero-order valence-corrected chi connectivity index (χ0v) is 26.6. The van der Waals surface area contributed by atoms with Crippen molar-refractivity contribution in [3.8, 4) is 17.0 Å². The van der Waals surface area contributed by atoms with Crippen LogP contribution in [0.5, 0.6) is 5.75 Å². The van der Waals surface area contributed by atoms with Gasteiger partial charge in [0.15, 0.2) is 5.13 Å². The van der Waals surface area contributed by atoms with Crippen molar-refractivity contribution in [1.82, 2.24) is 9.88 Å². The van der Waals surface area contributed by atoms with E-state index in [1.165, 1.54) is 5.56 Å². The highest BCUT2D eigenvalue weighted by atomic mass is 32.1. The molecule has 3 aliphatic rings. The van der Waals surface area contributed by atoms with Gasteiger partial charge in [0.25, 0.3) is 0 Å². The fourth-order valence-electron chi connectivity index (χ4n) is 6.26. The first-order valence-electron chi connectivity index (χ1n) is 15.2. The van der Waals surface area contributed by atoms with E-state index >= 15 is 0 Å². The van der Waals surface area contributed by atoms with Crippen LogP contribution in [-0.4, -0.2) is 53.8 Å². The van der Waals surface area contributed by atoms with Crippen LogP contribution < -0.4 is 9.64 Å². The van der Waals surface area contributed by atoms with Gasteiger partial charge in [-0.15, -0.1) is 11.3 Å². The molecule has 1 saturated heterocycles. The molecule has 2 fully saturated rings. The molecule has 9 heteroatoms. The normalized spacial score (nSPS) is 21.1. The number of esters is 1. The number of benzene rings is 2. The predicted octanol–water partition coefficient (Wildman–Crippen LogP) is 6.77. The van der Waals surface area contributed by atoms with E-state index in [2.05, 4.69) is 47.5 Å². The summed E-state index contributed by atoms with van der Waals surface area (Å²) >= 11 is 1.64. The SMILES string of the molecule is CCOC(=O)[C@@]12CCN(c3nc(-c4cc(C)ccc4OCc4ccc5c(c4)CCN(C(=O)OC(C)(C)C)C5)cs3)CC1C2. The van der Waals surface area contributed by atoms with E-state index in [0.29, 0.717) is 32.2 Å². The molecule has 0 radical (unpaired) electrons. The molecule has 1 aromatic heterocycles. The summed E-state index contributed by atoms with van der Waals surface area (Å²) in [6.45, 7) is 13.4. The molecule has 1 amide bonds. The molecular weight excluding hydrogens is 562 g/mol. The molecule has 8 nitrogen and oxygen atoms in total. The van der Waals surface area contributed by atoms with Gasteiger partial charge in [-0.05, 0) is 88.6 Å². The lowest BCUT2D eigenvalue weighted by Gasteiger charge is -2.31. The van der Waals surface area contributed by atoms with Gasteiger partial charge in [-0.25, -0.2) is 9.78 Å². The predicted molar refractivity (Wildman–Crippen MR) is 167 cm³/mol. The molecule has 2 atom stereocenters. The molecule has 3 heterocycles. The summed E-state index contributed by atoms with van der Waals surface area (Å²) in [5.41, 5.74) is 5.76. The Morgan fingerprint density at radius 3 is 2.72 bits per heavy atom. The number of hydrogen-bond acceptors (Lipinski definition) is 8. The number of rotatable bonds is 7. The molecule has 0 N–H and O–H groups in total. The van der Waals surface area contributed by atoms with Gasteiger partial charge in [-0.2, -0.15) is 0 Å². The van der Waals surface area contributed by atoms with Gasteiger partial charge in [0, 0.05) is 37.1 Å². The van der Waals surface area contributed by atoms with Crippen LogP contribution in [0.3, 0.4) is 0 Å². The van der Waals surface area contributed by atoms with Crippen LogP contribution in [-0.2, 0) is 33.8 Å². The zero-order valence-electron chi connectivity index (χ0n) is 25.8. The summed E-state index contributed by atoms with van der Waals surface area (Å²) in [5.74, 6) is 1.13. The van der Waals surface area contributed by atoms with Crippen molar-refractivity contribution in [3.05, 3.63) is 64.0 Å². The smallest absolute Gasteiger partial charge is 0.410 e. The fourth-order valence-corrected chi connectivity index (χ4v) is 7.12. The first kappa shape index (κ1) is 29.5. The van der Waals surface area contributed by atoms with E-state index in [4.69, 9.17) is 19.2 Å². The largest absolute Gasteiger partial charge is 0.488 e. The molecule has 1 unspecified atom stereocenters. The average Bonchev–Trinajstić information content (AvgIpc) is 3.52. The number of carbonyl (C=O) groups is 2. The van der Waals surface area contributed by atoms with Crippen LogP contribution in [0, 0.1) is 18.3 Å². The number of carbonyl (C=O) groups excluding carboxylic acids is 2. The van der Waals surface area contributed by atoms with E-state index in [0.717, 1.165) is 71.2 Å². The Kier molecular flexibility index (Phi) is 7.87. The molecule has 1 saturated carbocycles. The number of aromatic nitrogens is 1. The number of amides is 1. The maximum atomic E-state index is 12.5. The van der Waals surface area contributed by atoms with Crippen molar-refractivity contribution >= 4 is 28.5 Å². The summed E-state index contributed by atoms with van der Waals surface area (Å²) in [5, 5.41) is 3.09. The van der Waals surface area contributed by atoms with Crippen LogP contribution in [0.2, 0.25) is 0 Å². The molecule has 2 aliphatic heterocycles. The van der Waals surface area contributed by atoms with Crippen LogP contribution in [0.1, 0.15) is 62.8 Å². The number of hydrogen-bond donors (Lipinski definition) is 0. The highest BCUT2D eigenvalue weighted by molar-refractivity contribution is 7.14. The van der Waals surface area contributed by atoms with Crippen molar-refractivity contribution < 1.29 is 23.8 Å². The summed E-state index contributed by atoms with van der Waals surface area (Å²) < 4.78 is 17.3. The topological polar surface area (TPSA) is 81.2 Å². The van der Waals surface area contributed by atoms with E-state index < -0.39 is 5.60 Å². The number of ether oxygens (including phenoxy) is 3. The van der Waals surface area contributed by atoms with Gasteiger partial charge < -0.3 is 24.0 Å². The highest BCUT2D eigenvalue weighted by Gasteiger charge is 2.63. The summed E-state index contributed by atoms with van der Waals surface area (Å²) in [6.07, 6.45) is 2.27. The van der Waals surface area contributed by atoms with Gasteiger partial charge in [0.05, 0.1) is 17.7 Å². The van der Waals surface area contributed by atoms with Crippen LogP contribution in [0.15, 0.2) is 41.8 Å². The van der Waals surface area contributed by atoms with Gasteiger partial charge in [-0.1, -0.05) is 29.8 Å². The van der Waals surface area contributed by atoms with Crippen molar-refractivity contribution in [2.24, 2.45) is 11.3 Å². The average molecular weight is 604 g/mol. The molecule has 3 aromatic rings. The number of piperidine rings is 1. The molecule has 228 valence electrons. The second-order valence-electron chi connectivity index (χ2n) is 13.0. The second-order valence-corrected chi connectivity index (χ2v) is 13.9. The third kappa shape index (κ3) is 6.23. The third-order valence-electron chi connectivity index (χ3n) is 8.69. The highest BCUT2D eigenvalue weighted by Crippen LogP contribution is 2.59. The Labute approximate surface area is 258 Å². The molecular formula is C34H41N3O5S. The van der Waals surface area contributed by atoms with Crippen molar-refractivity contribution in [2.75, 3.05) is 31.1 Å². The zero-order chi connectivity index (χ0) is 30.4. The standard InChI is InChI=1S/C34H41N3O5S/c1-6-40-30(38)34-12-14-36(19-26(34)17-34)31-35-28(21-43-31)27-15-22(2)7-10-29(27)41-20-23-8-9-25-18-37(13-11-24(25)16-23)32(39)42-33(3,4)5/h7-10,15-16,21,26H,6,11-14,17-20H2,1-5H3/t26?,34-/m1/s1. The first-order chi connectivity index (χ1) is 20.5. The lowest BCUT2D eigenvalue weighted by atomic mass is 9.95. The fraction of sp³-hybridized carbons (Fsp3) is 0.500. The molecule has 43 heavy (non-hydrogen) atoms. The lowest BCUT2D eigenvalue weighted by molar-refractivity contribution is -0.150. The number of anilines is 1. The van der Waals surface area contributed by atoms with Gasteiger partial charge >= 0.3 is 12.1 Å². The quantitative estimate of drug-likeness (QED) is 0.276. The maximum absolute atomic E-state index is 12.5.